The van der Waals surface area contributed by atoms with Crippen molar-refractivity contribution in [3.8, 4) is 5.75 Å². The largest absolute Gasteiger partial charge is 0.479 e. The Balaban J connectivity index is 1.46. The van der Waals surface area contributed by atoms with Crippen LogP contribution in [0.4, 0.5) is 5.69 Å². The van der Waals surface area contributed by atoms with Crippen LogP contribution in [0.1, 0.15) is 25.3 Å². The van der Waals surface area contributed by atoms with Crippen molar-refractivity contribution < 1.29 is 14.3 Å². The molecule has 2 aromatic rings. The van der Waals surface area contributed by atoms with Crippen molar-refractivity contribution in [2.45, 2.75) is 32.3 Å². The first-order valence-corrected chi connectivity index (χ1v) is 9.03. The number of ether oxygens (including phenoxy) is 1. The molecule has 0 bridgehead atoms. The van der Waals surface area contributed by atoms with E-state index in [9.17, 15) is 9.59 Å². The van der Waals surface area contributed by atoms with Crippen LogP contribution in [0.25, 0.3) is 0 Å². The number of aryl methyl sites for hydroxylation is 1. The highest BCUT2D eigenvalue weighted by atomic mass is 16.5. The molecule has 0 fully saturated rings. The Morgan fingerprint density at radius 1 is 1.12 bits per heavy atom. The van der Waals surface area contributed by atoms with Gasteiger partial charge in [0, 0.05) is 19.5 Å². The molecule has 0 aromatic heterocycles. The van der Waals surface area contributed by atoms with Crippen molar-refractivity contribution in [2.75, 3.05) is 18.0 Å². The second kappa shape index (κ2) is 8.52. The molecule has 0 unspecified atom stereocenters. The van der Waals surface area contributed by atoms with Crippen molar-refractivity contribution in [1.82, 2.24) is 5.32 Å². The molecule has 5 nitrogen and oxygen atoms in total. The second-order valence-corrected chi connectivity index (χ2v) is 6.41. The van der Waals surface area contributed by atoms with Crippen LogP contribution >= 0.6 is 0 Å². The Bertz CT molecular complexity index is 761. The number of hydrogen-bond acceptors (Lipinski definition) is 3. The molecule has 2 aromatic carbocycles. The van der Waals surface area contributed by atoms with Gasteiger partial charge in [-0.1, -0.05) is 42.5 Å². The number of para-hydroxylation sites is 2. The lowest BCUT2D eigenvalue weighted by Crippen LogP contribution is -2.45. The van der Waals surface area contributed by atoms with Crippen LogP contribution in [0.5, 0.6) is 5.75 Å². The summed E-state index contributed by atoms with van der Waals surface area (Å²) < 4.78 is 5.61. The molecule has 0 radical (unpaired) electrons. The predicted octanol–water partition coefficient (Wildman–Crippen LogP) is 2.94. The first-order chi connectivity index (χ1) is 12.6. The smallest absolute Gasteiger partial charge is 0.267 e. The summed E-state index contributed by atoms with van der Waals surface area (Å²) in [6.07, 6.45) is 1.58. The fourth-order valence-electron chi connectivity index (χ4n) is 3.06. The van der Waals surface area contributed by atoms with Crippen molar-refractivity contribution in [3.63, 3.8) is 0 Å². The number of anilines is 1. The predicted molar refractivity (Wildman–Crippen MR) is 101 cm³/mol. The minimum Gasteiger partial charge on any atom is -0.479 e. The van der Waals surface area contributed by atoms with E-state index >= 15 is 0 Å². The lowest BCUT2D eigenvalue weighted by Gasteiger charge is -2.32. The zero-order valence-electron chi connectivity index (χ0n) is 15.0. The van der Waals surface area contributed by atoms with E-state index in [1.807, 2.05) is 42.5 Å². The highest BCUT2D eigenvalue weighted by Gasteiger charge is 2.31. The molecule has 1 heterocycles. The van der Waals surface area contributed by atoms with Crippen LogP contribution in [0.2, 0.25) is 0 Å². The van der Waals surface area contributed by atoms with Gasteiger partial charge in [-0.2, -0.15) is 0 Å². The van der Waals surface area contributed by atoms with Crippen LogP contribution in [-0.4, -0.2) is 31.0 Å². The molecule has 1 atom stereocenters. The van der Waals surface area contributed by atoms with E-state index < -0.39 is 6.10 Å². The lowest BCUT2D eigenvalue weighted by molar-refractivity contribution is -0.125. The van der Waals surface area contributed by atoms with Gasteiger partial charge in [0.05, 0.1) is 5.69 Å². The van der Waals surface area contributed by atoms with E-state index in [1.165, 1.54) is 5.56 Å². The Morgan fingerprint density at radius 2 is 1.85 bits per heavy atom. The standard InChI is InChI=1S/C21H24N2O3/c1-16-21(25)23(18-11-5-6-12-19(18)26-16)15-13-20(24)22-14-7-10-17-8-3-2-4-9-17/h2-6,8-9,11-12,16H,7,10,13-15H2,1H3,(H,22,24)/t16-/m0/s1. The van der Waals surface area contributed by atoms with Crippen molar-refractivity contribution in [3.05, 3.63) is 60.2 Å². The number of nitrogens with one attached hydrogen (secondary N) is 1. The zero-order chi connectivity index (χ0) is 18.4. The third-order valence-electron chi connectivity index (χ3n) is 4.44. The molecule has 1 aliphatic rings. The molecule has 1 N–H and O–H groups in total. The van der Waals surface area contributed by atoms with Crippen molar-refractivity contribution >= 4 is 17.5 Å². The van der Waals surface area contributed by atoms with E-state index in [0.29, 0.717) is 18.8 Å². The third-order valence-corrected chi connectivity index (χ3v) is 4.44. The summed E-state index contributed by atoms with van der Waals surface area (Å²) in [6.45, 7) is 2.72. The van der Waals surface area contributed by atoms with Crippen LogP contribution in [-0.2, 0) is 16.0 Å². The van der Waals surface area contributed by atoms with Gasteiger partial charge >= 0.3 is 0 Å². The maximum Gasteiger partial charge on any atom is 0.267 e. The molecule has 0 saturated carbocycles. The van der Waals surface area contributed by atoms with Gasteiger partial charge in [0.1, 0.15) is 5.75 Å². The maximum absolute atomic E-state index is 12.4. The Morgan fingerprint density at radius 3 is 2.65 bits per heavy atom. The van der Waals surface area contributed by atoms with Crippen molar-refractivity contribution in [1.29, 1.82) is 0 Å². The number of carbonyl (C=O) groups excluding carboxylic acids is 2. The van der Waals surface area contributed by atoms with Gasteiger partial charge in [-0.3, -0.25) is 9.59 Å². The van der Waals surface area contributed by atoms with Gasteiger partial charge in [-0.15, -0.1) is 0 Å². The molecular formula is C21H24N2O3. The SMILES string of the molecule is C[C@@H]1Oc2ccccc2N(CCC(=O)NCCCc2ccccc2)C1=O. The fraction of sp³-hybridized carbons (Fsp3) is 0.333. The molecule has 136 valence electrons. The second-order valence-electron chi connectivity index (χ2n) is 6.41. The summed E-state index contributed by atoms with van der Waals surface area (Å²) in [7, 11) is 0. The Kier molecular flexibility index (Phi) is 5.89. The highest BCUT2D eigenvalue weighted by Crippen LogP contribution is 2.33. The van der Waals surface area contributed by atoms with E-state index in [1.54, 1.807) is 11.8 Å². The summed E-state index contributed by atoms with van der Waals surface area (Å²) >= 11 is 0. The first-order valence-electron chi connectivity index (χ1n) is 9.03. The van der Waals surface area contributed by atoms with Crippen LogP contribution in [0.15, 0.2) is 54.6 Å². The minimum atomic E-state index is -0.529. The topological polar surface area (TPSA) is 58.6 Å². The quantitative estimate of drug-likeness (QED) is 0.780. The van der Waals surface area contributed by atoms with E-state index in [4.69, 9.17) is 4.74 Å². The summed E-state index contributed by atoms with van der Waals surface area (Å²) in [5.41, 5.74) is 2.00. The average molecular weight is 352 g/mol. The summed E-state index contributed by atoms with van der Waals surface area (Å²) in [5, 5.41) is 2.93. The molecular weight excluding hydrogens is 328 g/mol. The number of carbonyl (C=O) groups is 2. The summed E-state index contributed by atoms with van der Waals surface area (Å²) in [5.74, 6) is 0.533. The summed E-state index contributed by atoms with van der Waals surface area (Å²) in [6, 6.07) is 17.6. The number of amides is 2. The molecule has 2 amide bonds. The van der Waals surface area contributed by atoms with Crippen LogP contribution < -0.4 is 15.0 Å². The normalized spacial score (nSPS) is 16.0. The Labute approximate surface area is 154 Å². The number of benzene rings is 2. The van der Waals surface area contributed by atoms with E-state index in [-0.39, 0.29) is 18.2 Å². The molecule has 1 aliphatic heterocycles. The van der Waals surface area contributed by atoms with Gasteiger partial charge in [-0.05, 0) is 37.5 Å². The minimum absolute atomic E-state index is 0.0394. The van der Waals surface area contributed by atoms with Crippen LogP contribution in [0, 0.1) is 0 Å². The number of nitrogens with zero attached hydrogens (tertiary/aromatic N) is 1. The molecule has 3 rings (SSSR count). The van der Waals surface area contributed by atoms with Gasteiger partial charge in [0.2, 0.25) is 5.91 Å². The van der Waals surface area contributed by atoms with Crippen molar-refractivity contribution in [2.24, 2.45) is 0 Å². The van der Waals surface area contributed by atoms with E-state index in [2.05, 4.69) is 17.4 Å². The van der Waals surface area contributed by atoms with Gasteiger partial charge in [-0.25, -0.2) is 0 Å². The molecule has 26 heavy (non-hydrogen) atoms. The Hall–Kier alpha value is -2.82. The van der Waals surface area contributed by atoms with Gasteiger partial charge in [0.25, 0.3) is 5.91 Å². The molecule has 0 saturated heterocycles. The first kappa shape index (κ1) is 18.0. The highest BCUT2D eigenvalue weighted by molar-refractivity contribution is 6.00. The average Bonchev–Trinajstić information content (AvgIpc) is 2.66. The fourth-order valence-corrected chi connectivity index (χ4v) is 3.06. The zero-order valence-corrected chi connectivity index (χ0v) is 15.0. The third kappa shape index (κ3) is 4.42. The van der Waals surface area contributed by atoms with Gasteiger partial charge in [0.15, 0.2) is 6.10 Å². The van der Waals surface area contributed by atoms with E-state index in [0.717, 1.165) is 18.5 Å². The lowest BCUT2D eigenvalue weighted by atomic mass is 10.1. The number of hydrogen-bond donors (Lipinski definition) is 1. The van der Waals surface area contributed by atoms with Gasteiger partial charge < -0.3 is 15.0 Å². The number of rotatable bonds is 7. The molecule has 0 aliphatic carbocycles. The summed E-state index contributed by atoms with van der Waals surface area (Å²) in [4.78, 5) is 26.1. The number of fused-ring (bicyclic) bond motifs is 1. The van der Waals surface area contributed by atoms with Crippen LogP contribution in [0.3, 0.4) is 0 Å². The monoisotopic (exact) mass is 352 g/mol. The maximum atomic E-state index is 12.4. The molecule has 5 heteroatoms. The molecule has 0 spiro atoms.